The summed E-state index contributed by atoms with van der Waals surface area (Å²) < 4.78 is 0. The third-order valence-corrected chi connectivity index (χ3v) is 1.52. The number of aromatic amines is 1. The Balaban J connectivity index is 2.68. The van der Waals surface area contributed by atoms with Gasteiger partial charge < -0.3 is 10.7 Å². The van der Waals surface area contributed by atoms with Gasteiger partial charge in [0.1, 0.15) is 0 Å². The molecule has 0 aliphatic carbocycles. The van der Waals surface area contributed by atoms with Crippen LogP contribution in [0.4, 0.5) is 0 Å². The molecule has 0 saturated heterocycles. The van der Waals surface area contributed by atoms with Crippen molar-refractivity contribution in [1.29, 1.82) is 0 Å². The minimum Gasteiger partial charge on any atom is -0.363 e. The van der Waals surface area contributed by atoms with Gasteiger partial charge in [-0.25, -0.2) is 9.97 Å². The van der Waals surface area contributed by atoms with E-state index in [4.69, 9.17) is 5.73 Å². The molecule has 2 heterocycles. The van der Waals surface area contributed by atoms with Crippen LogP contribution in [0.3, 0.4) is 0 Å². The maximum atomic E-state index is 10.7. The topological polar surface area (TPSA) is 84.7 Å². The highest BCUT2D eigenvalue weighted by Crippen LogP contribution is 2.06. The van der Waals surface area contributed by atoms with Crippen LogP contribution < -0.4 is 5.73 Å². The first-order valence-electron chi connectivity index (χ1n) is 3.37. The van der Waals surface area contributed by atoms with Crippen molar-refractivity contribution < 1.29 is 4.79 Å². The molecule has 0 aliphatic rings. The molecule has 0 radical (unpaired) electrons. The van der Waals surface area contributed by atoms with Crippen LogP contribution in [0.2, 0.25) is 0 Å². The Hall–Kier alpha value is -1.91. The fraction of sp³-hybridized carbons (Fsp3) is 0. The molecular formula is C7H6N4O. The van der Waals surface area contributed by atoms with Gasteiger partial charge in [-0.05, 0) is 6.07 Å². The third-order valence-electron chi connectivity index (χ3n) is 1.52. The van der Waals surface area contributed by atoms with Crippen molar-refractivity contribution in [2.75, 3.05) is 0 Å². The third kappa shape index (κ3) is 0.914. The Kier molecular flexibility index (Phi) is 1.30. The van der Waals surface area contributed by atoms with Crippen molar-refractivity contribution in [3.63, 3.8) is 0 Å². The number of H-pyrrole nitrogens is 1. The van der Waals surface area contributed by atoms with Crippen molar-refractivity contribution in [1.82, 2.24) is 15.0 Å². The summed E-state index contributed by atoms with van der Waals surface area (Å²) in [5, 5.41) is 0. The number of rotatable bonds is 1. The molecule has 0 unspecified atom stereocenters. The lowest BCUT2D eigenvalue weighted by molar-refractivity contribution is 0.0991. The van der Waals surface area contributed by atoms with E-state index in [1.807, 2.05) is 0 Å². The monoisotopic (exact) mass is 162 g/mol. The van der Waals surface area contributed by atoms with E-state index < -0.39 is 5.91 Å². The number of carbonyl (C=O) groups is 1. The minimum atomic E-state index is -0.613. The van der Waals surface area contributed by atoms with Crippen LogP contribution >= 0.6 is 0 Å². The maximum Gasteiger partial charge on any atom is 0.286 e. The van der Waals surface area contributed by atoms with Crippen LogP contribution in [0.15, 0.2) is 18.5 Å². The van der Waals surface area contributed by atoms with Crippen molar-refractivity contribution in [2.45, 2.75) is 0 Å². The molecule has 3 N–H and O–H groups in total. The summed E-state index contributed by atoms with van der Waals surface area (Å²) in [7, 11) is 0. The number of hydrogen-bond donors (Lipinski definition) is 2. The Morgan fingerprint density at radius 2 is 2.42 bits per heavy atom. The Labute approximate surface area is 67.6 Å². The quantitative estimate of drug-likeness (QED) is 0.621. The van der Waals surface area contributed by atoms with Crippen LogP contribution in [-0.2, 0) is 0 Å². The molecule has 5 heteroatoms. The molecule has 60 valence electrons. The zero-order valence-corrected chi connectivity index (χ0v) is 6.11. The lowest BCUT2D eigenvalue weighted by Gasteiger charge is -1.92. The second-order valence-electron chi connectivity index (χ2n) is 2.33. The van der Waals surface area contributed by atoms with Crippen molar-refractivity contribution in [3.05, 3.63) is 24.3 Å². The van der Waals surface area contributed by atoms with Crippen LogP contribution in [0.1, 0.15) is 10.6 Å². The minimum absolute atomic E-state index is 0.0436. The van der Waals surface area contributed by atoms with E-state index in [0.29, 0.717) is 5.52 Å². The van der Waals surface area contributed by atoms with Gasteiger partial charge in [-0.15, -0.1) is 0 Å². The van der Waals surface area contributed by atoms with Gasteiger partial charge in [0.15, 0.2) is 0 Å². The summed E-state index contributed by atoms with van der Waals surface area (Å²) in [5.74, 6) is -0.569. The molecule has 1 amide bonds. The first-order valence-corrected chi connectivity index (χ1v) is 3.37. The number of carbonyl (C=O) groups excluding carboxylic acids is 1. The summed E-state index contributed by atoms with van der Waals surface area (Å²) >= 11 is 0. The smallest absolute Gasteiger partial charge is 0.286 e. The molecular weight excluding hydrogens is 156 g/mol. The molecule has 0 fully saturated rings. The summed E-state index contributed by atoms with van der Waals surface area (Å²) in [4.78, 5) is 21.2. The average molecular weight is 162 g/mol. The highest BCUT2D eigenvalue weighted by molar-refractivity contribution is 5.90. The number of fused-ring (bicyclic) bond motifs is 1. The van der Waals surface area contributed by atoms with Gasteiger partial charge in [-0.3, -0.25) is 4.79 Å². The normalized spacial score (nSPS) is 10.3. The first kappa shape index (κ1) is 6.78. The van der Waals surface area contributed by atoms with E-state index in [0.717, 1.165) is 5.52 Å². The van der Waals surface area contributed by atoms with E-state index in [9.17, 15) is 4.79 Å². The Morgan fingerprint density at radius 1 is 1.58 bits per heavy atom. The van der Waals surface area contributed by atoms with Gasteiger partial charge in [0.25, 0.3) is 5.91 Å². The molecule has 0 atom stereocenters. The van der Waals surface area contributed by atoms with E-state index in [1.54, 1.807) is 12.3 Å². The maximum absolute atomic E-state index is 10.7. The number of nitrogens with zero attached hydrogens (tertiary/aromatic N) is 2. The first-order chi connectivity index (χ1) is 5.77. The number of nitrogens with one attached hydrogen (secondary N) is 1. The Morgan fingerprint density at radius 3 is 3.17 bits per heavy atom. The second-order valence-corrected chi connectivity index (χ2v) is 2.33. The molecule has 0 saturated carbocycles. The highest BCUT2D eigenvalue weighted by atomic mass is 16.1. The van der Waals surface area contributed by atoms with Crippen molar-refractivity contribution in [2.24, 2.45) is 5.73 Å². The lowest BCUT2D eigenvalue weighted by atomic mass is 10.4. The molecule has 2 rings (SSSR count). The average Bonchev–Trinajstić information content (AvgIpc) is 2.49. The van der Waals surface area contributed by atoms with Crippen molar-refractivity contribution in [3.8, 4) is 0 Å². The van der Waals surface area contributed by atoms with E-state index in [-0.39, 0.29) is 5.82 Å². The predicted octanol–water partition coefficient (Wildman–Crippen LogP) is 0.0568. The Bertz CT molecular complexity index is 434. The van der Waals surface area contributed by atoms with Crippen LogP contribution in [0.25, 0.3) is 11.0 Å². The van der Waals surface area contributed by atoms with E-state index in [1.165, 1.54) is 6.20 Å². The molecule has 2 aromatic rings. The molecule has 5 nitrogen and oxygen atoms in total. The van der Waals surface area contributed by atoms with Crippen LogP contribution in [0, 0.1) is 0 Å². The number of nitrogens with two attached hydrogens (primary N) is 1. The van der Waals surface area contributed by atoms with Crippen LogP contribution in [-0.4, -0.2) is 20.9 Å². The number of primary amides is 1. The number of amides is 1. The summed E-state index contributed by atoms with van der Waals surface area (Å²) in [6.45, 7) is 0. The molecule has 12 heavy (non-hydrogen) atoms. The second kappa shape index (κ2) is 2.30. The van der Waals surface area contributed by atoms with Gasteiger partial charge in [-0.2, -0.15) is 0 Å². The standard InChI is InChI=1S/C7H6N4O/c8-6(12)7-10-3-5-4(11-7)1-2-9-5/h1-3,9H,(H2,8,12). The highest BCUT2D eigenvalue weighted by Gasteiger charge is 2.04. The molecule has 0 aromatic carbocycles. The van der Waals surface area contributed by atoms with E-state index >= 15 is 0 Å². The van der Waals surface area contributed by atoms with Gasteiger partial charge >= 0.3 is 0 Å². The van der Waals surface area contributed by atoms with Gasteiger partial charge in [0.2, 0.25) is 5.82 Å². The van der Waals surface area contributed by atoms with Gasteiger partial charge in [-0.1, -0.05) is 0 Å². The van der Waals surface area contributed by atoms with Gasteiger partial charge in [0, 0.05) is 6.20 Å². The SMILES string of the molecule is NC(=O)c1ncc2[nH]ccc2n1. The fourth-order valence-corrected chi connectivity index (χ4v) is 0.962. The zero-order chi connectivity index (χ0) is 8.55. The fourth-order valence-electron chi connectivity index (χ4n) is 0.962. The molecule has 0 aliphatic heterocycles. The summed E-state index contributed by atoms with van der Waals surface area (Å²) in [5.41, 5.74) is 6.48. The molecule has 0 bridgehead atoms. The number of hydrogen-bond acceptors (Lipinski definition) is 3. The lowest BCUT2D eigenvalue weighted by Crippen LogP contribution is -2.14. The largest absolute Gasteiger partial charge is 0.363 e. The predicted molar refractivity (Wildman–Crippen MR) is 42.4 cm³/mol. The molecule has 2 aromatic heterocycles. The summed E-state index contributed by atoms with van der Waals surface area (Å²) in [6, 6.07) is 1.75. The van der Waals surface area contributed by atoms with Gasteiger partial charge in [0.05, 0.1) is 17.2 Å². The van der Waals surface area contributed by atoms with Crippen LogP contribution in [0.5, 0.6) is 0 Å². The zero-order valence-electron chi connectivity index (χ0n) is 6.11. The molecule has 0 spiro atoms. The van der Waals surface area contributed by atoms with E-state index in [2.05, 4.69) is 15.0 Å². The summed E-state index contributed by atoms with van der Waals surface area (Å²) in [6.07, 6.45) is 3.26. The van der Waals surface area contributed by atoms with Crippen molar-refractivity contribution >= 4 is 16.9 Å². The number of aromatic nitrogens is 3.